The maximum Gasteiger partial charge on any atom is 0.0541 e. The van der Waals surface area contributed by atoms with Crippen LogP contribution in [0.15, 0.2) is 267 Å². The van der Waals surface area contributed by atoms with Crippen molar-refractivity contribution in [1.82, 2.24) is 9.13 Å². The first-order valence-corrected chi connectivity index (χ1v) is 28.8. The van der Waals surface area contributed by atoms with Crippen LogP contribution < -0.4 is 0 Å². The largest absolute Gasteiger partial charge is 0.309 e. The van der Waals surface area contributed by atoms with Crippen LogP contribution >= 0.6 is 0 Å². The first-order valence-electron chi connectivity index (χ1n) is 28.8. The Morgan fingerprint density at radius 2 is 0.573 bits per heavy atom. The summed E-state index contributed by atoms with van der Waals surface area (Å²) in [5.41, 5.74) is 30.0. The van der Waals surface area contributed by atoms with Crippen molar-refractivity contribution in [3.8, 4) is 78.1 Å². The standard InChI is InChI=1S/C80H58N2/c1-79(2)71-47-57(55-28-25-51(26-29-55)23-24-52-27-43-77-69(45-52)67-19-11-13-21-75(67)81(77)61-17-9-6-10-18-61)32-39-63(71)65-41-34-59(49-73(65)79)60-35-42-66-64-40-33-58(48-72(64)80(3,4)74(66)50-60)56-36-44-78-70(46-56)68-20-12-14-22-76(68)82(78)62-37-30-54(31-38-62)53-15-7-5-8-16-53/h5-50H,1-4H3/b24-23+. The average molecular weight is 1050 g/mol. The quantitative estimate of drug-likeness (QED) is 0.134. The van der Waals surface area contributed by atoms with Crippen LogP contribution in [0, 0.1) is 0 Å². The summed E-state index contributed by atoms with van der Waals surface area (Å²) >= 11 is 0. The highest BCUT2D eigenvalue weighted by molar-refractivity contribution is 6.11. The minimum absolute atomic E-state index is 0.164. The molecule has 82 heavy (non-hydrogen) atoms. The number of aromatic nitrogens is 2. The molecular weight excluding hydrogens is 989 g/mol. The van der Waals surface area contributed by atoms with Crippen LogP contribution in [0.4, 0.5) is 0 Å². The highest BCUT2D eigenvalue weighted by Crippen LogP contribution is 2.53. The van der Waals surface area contributed by atoms with Gasteiger partial charge in [-0.25, -0.2) is 0 Å². The topological polar surface area (TPSA) is 9.86 Å². The van der Waals surface area contributed by atoms with Crippen molar-refractivity contribution in [2.75, 3.05) is 0 Å². The Labute approximate surface area is 479 Å². The Morgan fingerprint density at radius 1 is 0.244 bits per heavy atom. The third-order valence-electron chi connectivity index (χ3n) is 18.3. The first kappa shape index (κ1) is 47.9. The van der Waals surface area contributed by atoms with E-state index in [1.54, 1.807) is 0 Å². The van der Waals surface area contributed by atoms with Gasteiger partial charge in [0, 0.05) is 43.7 Å². The average Bonchev–Trinajstić information content (AvgIpc) is 4.11. The molecule has 2 heteroatoms. The summed E-state index contributed by atoms with van der Waals surface area (Å²) in [7, 11) is 0. The zero-order valence-corrected chi connectivity index (χ0v) is 46.5. The number of nitrogens with zero attached hydrogens (tertiary/aromatic N) is 2. The SMILES string of the molecule is CC1(C)c2cc(-c3ccc(/C=C/c4ccc5c(c4)c4ccccc4n5-c4ccccc4)cc3)ccc2-c2ccc(-c3ccc4c(c3)C(C)(C)c3cc(-c5ccc6c(c5)c5ccccc5n6-c5ccc(-c6ccccc6)cc5)ccc3-4)cc21. The van der Waals surface area contributed by atoms with E-state index >= 15 is 0 Å². The van der Waals surface area contributed by atoms with Crippen LogP contribution in [0.25, 0.3) is 134 Å². The molecule has 0 unspecified atom stereocenters. The van der Waals surface area contributed by atoms with Gasteiger partial charge in [0.15, 0.2) is 0 Å². The second kappa shape index (κ2) is 18.3. The molecular formula is C80H58N2. The van der Waals surface area contributed by atoms with Crippen LogP contribution in [-0.2, 0) is 10.8 Å². The lowest BCUT2D eigenvalue weighted by Gasteiger charge is -2.24. The van der Waals surface area contributed by atoms with Crippen molar-refractivity contribution < 1.29 is 0 Å². The van der Waals surface area contributed by atoms with Crippen LogP contribution in [0.1, 0.15) is 61.1 Å². The van der Waals surface area contributed by atoms with Gasteiger partial charge in [0.2, 0.25) is 0 Å². The summed E-state index contributed by atoms with van der Waals surface area (Å²) in [5, 5.41) is 5.05. The molecule has 0 N–H and O–H groups in total. The highest BCUT2D eigenvalue weighted by Gasteiger charge is 2.38. The molecule has 0 radical (unpaired) electrons. The van der Waals surface area contributed by atoms with E-state index in [1.165, 1.54) is 149 Å². The number of benzene rings is 12. The van der Waals surface area contributed by atoms with Crippen molar-refractivity contribution in [2.24, 2.45) is 0 Å². The summed E-state index contributed by atoms with van der Waals surface area (Å²) in [5.74, 6) is 0. The Hall–Kier alpha value is -10.0. The first-order chi connectivity index (χ1) is 40.1. The molecule has 2 aromatic heterocycles. The lowest BCUT2D eigenvalue weighted by molar-refractivity contribution is 0.660. The van der Waals surface area contributed by atoms with Crippen molar-refractivity contribution in [1.29, 1.82) is 0 Å². The van der Waals surface area contributed by atoms with Gasteiger partial charge in [0.05, 0.1) is 22.1 Å². The molecule has 2 nitrogen and oxygen atoms in total. The van der Waals surface area contributed by atoms with Gasteiger partial charge in [0.25, 0.3) is 0 Å². The lowest BCUT2D eigenvalue weighted by atomic mass is 9.79. The molecule has 0 bridgehead atoms. The molecule has 0 spiro atoms. The summed E-state index contributed by atoms with van der Waals surface area (Å²) in [4.78, 5) is 0. The van der Waals surface area contributed by atoms with Crippen LogP contribution in [0.3, 0.4) is 0 Å². The normalized spacial score (nSPS) is 13.8. The molecule has 2 aliphatic carbocycles. The van der Waals surface area contributed by atoms with Crippen molar-refractivity contribution >= 4 is 55.8 Å². The van der Waals surface area contributed by atoms with Gasteiger partial charge in [0.1, 0.15) is 0 Å². The molecule has 0 aliphatic heterocycles. The van der Waals surface area contributed by atoms with E-state index in [4.69, 9.17) is 0 Å². The Balaban J connectivity index is 0.651. The van der Waals surface area contributed by atoms with E-state index in [2.05, 4.69) is 316 Å². The van der Waals surface area contributed by atoms with Gasteiger partial charge >= 0.3 is 0 Å². The number of hydrogen-bond acceptors (Lipinski definition) is 0. The van der Waals surface area contributed by atoms with E-state index in [0.717, 1.165) is 5.69 Å². The van der Waals surface area contributed by atoms with E-state index in [1.807, 2.05) is 0 Å². The maximum absolute atomic E-state index is 2.47. The van der Waals surface area contributed by atoms with Crippen molar-refractivity contribution in [3.63, 3.8) is 0 Å². The fourth-order valence-corrected chi connectivity index (χ4v) is 14.0. The number of para-hydroxylation sites is 3. The Morgan fingerprint density at radius 3 is 1.10 bits per heavy atom. The molecule has 2 aliphatic rings. The predicted molar refractivity (Wildman–Crippen MR) is 347 cm³/mol. The smallest absolute Gasteiger partial charge is 0.0541 e. The molecule has 2 heterocycles. The fraction of sp³-hybridized carbons (Fsp3) is 0.0750. The highest BCUT2D eigenvalue weighted by atomic mass is 15.0. The number of fused-ring (bicyclic) bond motifs is 12. The zero-order chi connectivity index (χ0) is 54.8. The van der Waals surface area contributed by atoms with E-state index in [9.17, 15) is 0 Å². The number of rotatable bonds is 8. The van der Waals surface area contributed by atoms with Crippen LogP contribution in [0.5, 0.6) is 0 Å². The third kappa shape index (κ3) is 7.48. The van der Waals surface area contributed by atoms with Crippen LogP contribution in [-0.4, -0.2) is 9.13 Å². The molecule has 16 rings (SSSR count). The molecule has 12 aromatic carbocycles. The van der Waals surface area contributed by atoms with E-state index in [0.29, 0.717) is 0 Å². The molecule has 0 fully saturated rings. The van der Waals surface area contributed by atoms with Gasteiger partial charge in [-0.15, -0.1) is 0 Å². The predicted octanol–water partition coefficient (Wildman–Crippen LogP) is 21.3. The van der Waals surface area contributed by atoms with Crippen LogP contribution in [0.2, 0.25) is 0 Å². The summed E-state index contributed by atoms with van der Waals surface area (Å²) in [6, 6.07) is 99.3. The van der Waals surface area contributed by atoms with Crippen molar-refractivity contribution in [2.45, 2.75) is 38.5 Å². The molecule has 0 saturated carbocycles. The van der Waals surface area contributed by atoms with Crippen molar-refractivity contribution in [3.05, 3.63) is 300 Å². The van der Waals surface area contributed by atoms with Gasteiger partial charge < -0.3 is 9.13 Å². The second-order valence-electron chi connectivity index (χ2n) is 23.7. The molecule has 0 saturated heterocycles. The third-order valence-corrected chi connectivity index (χ3v) is 18.3. The van der Waals surface area contributed by atoms with Gasteiger partial charge in [-0.05, 0) is 185 Å². The lowest BCUT2D eigenvalue weighted by Crippen LogP contribution is -2.15. The molecule has 0 atom stereocenters. The fourth-order valence-electron chi connectivity index (χ4n) is 14.0. The summed E-state index contributed by atoms with van der Waals surface area (Å²) in [6.45, 7) is 9.61. The molecule has 388 valence electrons. The Bertz CT molecular complexity index is 4930. The summed E-state index contributed by atoms with van der Waals surface area (Å²) < 4.78 is 4.78. The number of hydrogen-bond donors (Lipinski definition) is 0. The minimum atomic E-state index is -0.179. The van der Waals surface area contributed by atoms with Gasteiger partial charge in [-0.2, -0.15) is 0 Å². The second-order valence-corrected chi connectivity index (χ2v) is 23.7. The minimum Gasteiger partial charge on any atom is -0.309 e. The van der Waals surface area contributed by atoms with Gasteiger partial charge in [-0.3, -0.25) is 0 Å². The van der Waals surface area contributed by atoms with Gasteiger partial charge in [-0.1, -0.05) is 222 Å². The molecule has 0 amide bonds. The Kier molecular flexibility index (Phi) is 10.7. The summed E-state index contributed by atoms with van der Waals surface area (Å²) in [6.07, 6.45) is 4.47. The van der Waals surface area contributed by atoms with E-state index < -0.39 is 0 Å². The van der Waals surface area contributed by atoms with E-state index in [-0.39, 0.29) is 10.8 Å². The molecule has 14 aromatic rings. The maximum atomic E-state index is 2.47. The zero-order valence-electron chi connectivity index (χ0n) is 46.5. The monoisotopic (exact) mass is 1050 g/mol.